The first-order chi connectivity index (χ1) is 14.0. The van der Waals surface area contributed by atoms with Gasteiger partial charge in [-0.1, -0.05) is 41.9 Å². The zero-order chi connectivity index (χ0) is 20.8. The van der Waals surface area contributed by atoms with Gasteiger partial charge in [-0.05, 0) is 37.6 Å². The second-order valence-electron chi connectivity index (χ2n) is 7.59. The predicted octanol–water partition coefficient (Wildman–Crippen LogP) is 3.73. The monoisotopic (exact) mass is 415 g/mol. The summed E-state index contributed by atoms with van der Waals surface area (Å²) < 4.78 is 5.42. The van der Waals surface area contributed by atoms with E-state index >= 15 is 0 Å². The van der Waals surface area contributed by atoms with Crippen molar-refractivity contribution in [1.82, 2.24) is 15.1 Å². The lowest BCUT2D eigenvalue weighted by atomic mass is 10.1. The number of benzene rings is 2. The van der Waals surface area contributed by atoms with Crippen LogP contribution in [0.3, 0.4) is 0 Å². The number of ether oxygens (including phenoxy) is 1. The van der Waals surface area contributed by atoms with Crippen LogP contribution in [0.4, 0.5) is 0 Å². The molecule has 0 aliphatic carbocycles. The molecule has 0 aromatic heterocycles. The molecule has 1 saturated heterocycles. The van der Waals surface area contributed by atoms with E-state index in [9.17, 15) is 4.79 Å². The summed E-state index contributed by atoms with van der Waals surface area (Å²) in [6, 6.07) is 15.6. The fraction of sp³-hybridized carbons (Fsp3) is 0.435. The number of methoxy groups -OCH3 is 1. The Morgan fingerprint density at radius 1 is 1.07 bits per heavy atom. The summed E-state index contributed by atoms with van der Waals surface area (Å²) in [4.78, 5) is 17.5. The van der Waals surface area contributed by atoms with E-state index in [2.05, 4.69) is 27.2 Å². The van der Waals surface area contributed by atoms with Crippen molar-refractivity contribution in [1.29, 1.82) is 0 Å². The van der Waals surface area contributed by atoms with E-state index in [0.29, 0.717) is 0 Å². The lowest BCUT2D eigenvalue weighted by Gasteiger charge is -2.37. The Bertz CT molecular complexity index is 804. The minimum Gasteiger partial charge on any atom is -0.496 e. The molecule has 0 bridgehead atoms. The normalized spacial score (nSPS) is 17.5. The van der Waals surface area contributed by atoms with Crippen LogP contribution in [0.5, 0.6) is 5.75 Å². The Morgan fingerprint density at radius 3 is 2.38 bits per heavy atom. The number of amides is 1. The van der Waals surface area contributed by atoms with E-state index in [4.69, 9.17) is 16.3 Å². The number of nitrogens with one attached hydrogen (secondary N) is 1. The summed E-state index contributed by atoms with van der Waals surface area (Å²) in [7, 11) is 1.65. The molecule has 156 valence electrons. The third-order valence-electron chi connectivity index (χ3n) is 5.62. The third kappa shape index (κ3) is 5.72. The van der Waals surface area contributed by atoms with E-state index in [1.165, 1.54) is 5.56 Å². The fourth-order valence-corrected chi connectivity index (χ4v) is 3.88. The number of carbonyl (C=O) groups is 1. The van der Waals surface area contributed by atoms with Crippen LogP contribution >= 0.6 is 11.6 Å². The van der Waals surface area contributed by atoms with E-state index in [-0.39, 0.29) is 18.0 Å². The van der Waals surface area contributed by atoms with Gasteiger partial charge in [0.1, 0.15) is 5.75 Å². The third-order valence-corrected chi connectivity index (χ3v) is 5.87. The maximum absolute atomic E-state index is 12.8. The second kappa shape index (κ2) is 10.1. The lowest BCUT2D eigenvalue weighted by Crippen LogP contribution is -2.53. The van der Waals surface area contributed by atoms with Gasteiger partial charge in [-0.3, -0.25) is 14.6 Å². The van der Waals surface area contributed by atoms with Crippen LogP contribution in [-0.4, -0.2) is 55.0 Å². The maximum atomic E-state index is 12.8. The van der Waals surface area contributed by atoms with E-state index in [0.717, 1.165) is 49.1 Å². The summed E-state index contributed by atoms with van der Waals surface area (Å²) in [5.74, 6) is 0.846. The van der Waals surface area contributed by atoms with Gasteiger partial charge in [0.25, 0.3) is 0 Å². The summed E-state index contributed by atoms with van der Waals surface area (Å²) in [5.41, 5.74) is 2.25. The molecule has 0 saturated carbocycles. The minimum atomic E-state index is -0.162. The number of hydrogen-bond donors (Lipinski definition) is 1. The molecule has 6 heteroatoms. The van der Waals surface area contributed by atoms with Crippen LogP contribution in [0.1, 0.15) is 31.0 Å². The second-order valence-corrected chi connectivity index (χ2v) is 8.02. The van der Waals surface area contributed by atoms with Crippen LogP contribution in [-0.2, 0) is 11.3 Å². The maximum Gasteiger partial charge on any atom is 0.237 e. The Balaban J connectivity index is 1.50. The molecule has 2 aromatic rings. The quantitative estimate of drug-likeness (QED) is 0.748. The Hall–Kier alpha value is -2.08. The van der Waals surface area contributed by atoms with Crippen LogP contribution in [0.2, 0.25) is 5.02 Å². The molecule has 5 nitrogen and oxygen atoms in total. The summed E-state index contributed by atoms with van der Waals surface area (Å²) in [5, 5.41) is 3.90. The molecule has 1 heterocycles. The smallest absolute Gasteiger partial charge is 0.237 e. The Morgan fingerprint density at radius 2 is 1.72 bits per heavy atom. The molecule has 3 rings (SSSR count). The van der Waals surface area contributed by atoms with Crippen molar-refractivity contribution in [3.05, 3.63) is 64.7 Å². The highest BCUT2D eigenvalue weighted by molar-refractivity contribution is 6.30. The zero-order valence-corrected chi connectivity index (χ0v) is 18.2. The first-order valence-electron chi connectivity index (χ1n) is 10.1. The molecule has 2 unspecified atom stereocenters. The number of carbonyl (C=O) groups excluding carboxylic acids is 1. The molecule has 2 atom stereocenters. The highest BCUT2D eigenvalue weighted by atomic mass is 35.5. The van der Waals surface area contributed by atoms with Gasteiger partial charge in [-0.15, -0.1) is 0 Å². The highest BCUT2D eigenvalue weighted by Crippen LogP contribution is 2.24. The van der Waals surface area contributed by atoms with Crippen molar-refractivity contribution in [2.24, 2.45) is 0 Å². The van der Waals surface area contributed by atoms with Crippen molar-refractivity contribution >= 4 is 17.5 Å². The van der Waals surface area contributed by atoms with Crippen molar-refractivity contribution in [2.45, 2.75) is 32.5 Å². The van der Waals surface area contributed by atoms with Gasteiger partial charge in [0.05, 0.1) is 19.2 Å². The van der Waals surface area contributed by atoms with Crippen molar-refractivity contribution in [3.63, 3.8) is 0 Å². The van der Waals surface area contributed by atoms with Gasteiger partial charge in [0.2, 0.25) is 5.91 Å². The lowest BCUT2D eigenvalue weighted by molar-refractivity contribution is -0.127. The van der Waals surface area contributed by atoms with Gasteiger partial charge in [-0.25, -0.2) is 0 Å². The SMILES string of the molecule is COc1ccccc1C(C)NC(=O)C(C)N1CCN(Cc2ccc(Cl)cc2)CC1. The van der Waals surface area contributed by atoms with E-state index in [1.807, 2.05) is 50.2 Å². The molecule has 29 heavy (non-hydrogen) atoms. The van der Waals surface area contributed by atoms with Crippen molar-refractivity contribution in [3.8, 4) is 5.75 Å². The highest BCUT2D eigenvalue weighted by Gasteiger charge is 2.26. The van der Waals surface area contributed by atoms with Gasteiger partial charge >= 0.3 is 0 Å². The average Bonchev–Trinajstić information content (AvgIpc) is 2.75. The van der Waals surface area contributed by atoms with E-state index in [1.54, 1.807) is 7.11 Å². The topological polar surface area (TPSA) is 44.8 Å². The predicted molar refractivity (Wildman–Crippen MR) is 117 cm³/mol. The molecule has 2 aromatic carbocycles. The van der Waals surface area contributed by atoms with Gasteiger partial charge in [0, 0.05) is 43.3 Å². The van der Waals surface area contributed by atoms with Gasteiger partial charge in [0.15, 0.2) is 0 Å². The summed E-state index contributed by atoms with van der Waals surface area (Å²) in [6.45, 7) is 8.54. The molecular formula is C23H30ClN3O2. The van der Waals surface area contributed by atoms with Crippen molar-refractivity contribution < 1.29 is 9.53 Å². The minimum absolute atomic E-state index is 0.0505. The van der Waals surface area contributed by atoms with Crippen molar-refractivity contribution in [2.75, 3.05) is 33.3 Å². The van der Waals surface area contributed by atoms with E-state index < -0.39 is 0 Å². The fourth-order valence-electron chi connectivity index (χ4n) is 3.76. The molecule has 0 radical (unpaired) electrons. The summed E-state index contributed by atoms with van der Waals surface area (Å²) >= 11 is 5.96. The number of rotatable bonds is 7. The first kappa shape index (κ1) is 21.6. The first-order valence-corrected chi connectivity index (χ1v) is 10.5. The molecule has 1 amide bonds. The number of nitrogens with zero attached hydrogens (tertiary/aromatic N) is 2. The van der Waals surface area contributed by atoms with Crippen LogP contribution in [0, 0.1) is 0 Å². The largest absolute Gasteiger partial charge is 0.496 e. The number of halogens is 1. The number of piperazine rings is 1. The number of hydrogen-bond acceptors (Lipinski definition) is 4. The van der Waals surface area contributed by atoms with Crippen LogP contribution < -0.4 is 10.1 Å². The van der Waals surface area contributed by atoms with Gasteiger partial charge in [-0.2, -0.15) is 0 Å². The number of para-hydroxylation sites is 1. The summed E-state index contributed by atoms with van der Waals surface area (Å²) in [6.07, 6.45) is 0. The Labute approximate surface area is 178 Å². The molecular weight excluding hydrogens is 386 g/mol. The molecule has 1 N–H and O–H groups in total. The average molecular weight is 416 g/mol. The molecule has 1 aliphatic rings. The molecule has 0 spiro atoms. The van der Waals surface area contributed by atoms with Crippen LogP contribution in [0.15, 0.2) is 48.5 Å². The standard InChI is InChI=1S/C23H30ClN3O2/c1-17(21-6-4-5-7-22(21)29-3)25-23(28)18(2)27-14-12-26(13-15-27)16-19-8-10-20(24)11-9-19/h4-11,17-18H,12-16H2,1-3H3,(H,25,28). The Kier molecular flexibility index (Phi) is 7.53. The van der Waals surface area contributed by atoms with Crippen LogP contribution in [0.25, 0.3) is 0 Å². The zero-order valence-electron chi connectivity index (χ0n) is 17.4. The molecule has 1 aliphatic heterocycles. The van der Waals surface area contributed by atoms with Gasteiger partial charge < -0.3 is 10.1 Å². The molecule has 1 fully saturated rings.